The van der Waals surface area contributed by atoms with Gasteiger partial charge in [-0.05, 0) is 51.5 Å². The quantitative estimate of drug-likeness (QED) is 0.644. The second-order valence-corrected chi connectivity index (χ2v) is 8.78. The van der Waals surface area contributed by atoms with Crippen LogP contribution in [0, 0.1) is 23.2 Å². The van der Waals surface area contributed by atoms with E-state index in [2.05, 4.69) is 16.5 Å². The fraction of sp³-hybridized carbons (Fsp3) is 0.700. The smallest absolute Gasteiger partial charge is 0.365 e. The summed E-state index contributed by atoms with van der Waals surface area (Å²) in [6.07, 6.45) is 1.25. The molecule has 3 rings (SSSR count). The molecule has 0 unspecified atom stereocenters. The lowest BCUT2D eigenvalue weighted by Gasteiger charge is -2.40. The number of carbonyl (C=O) groups is 2. The SMILES string of the molecule is CN(CC1CCC(CC#N)(n2cc(C(N)=O)c(NC(=O)C3CC3)n2)CC1)CC(F)(F)F. The Morgan fingerprint density at radius 3 is 2.52 bits per heavy atom. The van der Waals surface area contributed by atoms with E-state index in [0.717, 1.165) is 12.8 Å². The minimum absolute atomic E-state index is 0.0689. The third-order valence-electron chi connectivity index (χ3n) is 6.12. The molecule has 2 aliphatic rings. The van der Waals surface area contributed by atoms with Gasteiger partial charge in [0.2, 0.25) is 5.91 Å². The summed E-state index contributed by atoms with van der Waals surface area (Å²) in [4.78, 5) is 25.3. The Morgan fingerprint density at radius 1 is 1.35 bits per heavy atom. The zero-order valence-electron chi connectivity index (χ0n) is 17.4. The molecule has 2 fully saturated rings. The van der Waals surface area contributed by atoms with Crippen LogP contribution in [0.4, 0.5) is 19.0 Å². The van der Waals surface area contributed by atoms with Gasteiger partial charge in [-0.15, -0.1) is 0 Å². The number of nitrogens with one attached hydrogen (secondary N) is 1. The summed E-state index contributed by atoms with van der Waals surface area (Å²) in [5.41, 5.74) is 4.85. The standard InChI is InChI=1S/C20H27F3N6O2/c1-28(12-20(21,22)23)10-13-4-6-19(7-5-13,8-9-24)29-11-15(16(25)30)17(27-29)26-18(31)14-2-3-14/h11,13-14H,2-8,10,12H2,1H3,(H2,25,30)(H,26,27,31). The van der Waals surface area contributed by atoms with Gasteiger partial charge < -0.3 is 11.1 Å². The van der Waals surface area contributed by atoms with Crippen LogP contribution in [0.2, 0.25) is 0 Å². The van der Waals surface area contributed by atoms with Crippen LogP contribution in [0.25, 0.3) is 0 Å². The summed E-state index contributed by atoms with van der Waals surface area (Å²) in [6.45, 7) is -0.644. The van der Waals surface area contributed by atoms with E-state index in [4.69, 9.17) is 5.73 Å². The van der Waals surface area contributed by atoms with E-state index in [-0.39, 0.29) is 35.5 Å². The molecule has 2 amide bonds. The minimum atomic E-state index is -4.24. The molecular weight excluding hydrogens is 413 g/mol. The number of primary amides is 1. The van der Waals surface area contributed by atoms with Crippen LogP contribution in [0.1, 0.15) is 55.3 Å². The van der Waals surface area contributed by atoms with Crippen molar-refractivity contribution >= 4 is 17.6 Å². The van der Waals surface area contributed by atoms with Gasteiger partial charge in [-0.2, -0.15) is 23.5 Å². The summed E-state index contributed by atoms with van der Waals surface area (Å²) >= 11 is 0. The van der Waals surface area contributed by atoms with Crippen molar-refractivity contribution in [2.75, 3.05) is 25.5 Å². The van der Waals surface area contributed by atoms with Gasteiger partial charge in [0.1, 0.15) is 5.56 Å². The number of aromatic nitrogens is 2. The van der Waals surface area contributed by atoms with Crippen LogP contribution in [-0.2, 0) is 10.3 Å². The van der Waals surface area contributed by atoms with Gasteiger partial charge in [-0.25, -0.2) is 0 Å². The molecule has 0 aromatic carbocycles. The number of nitrogens with two attached hydrogens (primary N) is 1. The number of carbonyl (C=O) groups excluding carboxylic acids is 2. The maximum atomic E-state index is 12.6. The molecule has 0 saturated heterocycles. The molecule has 170 valence electrons. The van der Waals surface area contributed by atoms with E-state index < -0.39 is 24.2 Å². The number of halogens is 3. The normalized spacial score (nSPS) is 24.1. The molecular formula is C20H27F3N6O2. The molecule has 2 saturated carbocycles. The van der Waals surface area contributed by atoms with Crippen molar-refractivity contribution < 1.29 is 22.8 Å². The first kappa shape index (κ1) is 23.1. The van der Waals surface area contributed by atoms with Crippen molar-refractivity contribution in [3.8, 4) is 6.07 Å². The predicted molar refractivity (Wildman–Crippen MR) is 106 cm³/mol. The summed E-state index contributed by atoms with van der Waals surface area (Å²) in [5, 5.41) is 16.5. The van der Waals surface area contributed by atoms with Gasteiger partial charge in [0.05, 0.1) is 24.6 Å². The molecule has 3 N–H and O–H groups in total. The molecule has 1 heterocycles. The number of amides is 2. The van der Waals surface area contributed by atoms with Crippen LogP contribution < -0.4 is 11.1 Å². The second-order valence-electron chi connectivity index (χ2n) is 8.78. The summed E-state index contributed by atoms with van der Waals surface area (Å²) < 4.78 is 39.3. The van der Waals surface area contributed by atoms with E-state index in [9.17, 15) is 28.0 Å². The highest BCUT2D eigenvalue weighted by Gasteiger charge is 2.40. The Morgan fingerprint density at radius 2 is 2.00 bits per heavy atom. The third kappa shape index (κ3) is 5.76. The van der Waals surface area contributed by atoms with Crippen LogP contribution in [0.15, 0.2) is 6.20 Å². The lowest BCUT2D eigenvalue weighted by atomic mass is 9.75. The maximum Gasteiger partial charge on any atom is 0.401 e. The molecule has 0 radical (unpaired) electrons. The zero-order valence-corrected chi connectivity index (χ0v) is 17.4. The number of nitriles is 1. The fourth-order valence-corrected chi connectivity index (χ4v) is 4.30. The molecule has 2 aliphatic carbocycles. The second kappa shape index (κ2) is 8.86. The molecule has 0 bridgehead atoms. The first-order chi connectivity index (χ1) is 14.5. The Bertz CT molecular complexity index is 863. The van der Waals surface area contributed by atoms with E-state index in [1.165, 1.54) is 18.1 Å². The number of rotatable bonds is 8. The highest BCUT2D eigenvalue weighted by atomic mass is 19.4. The Kier molecular flexibility index (Phi) is 6.59. The van der Waals surface area contributed by atoms with Crippen molar-refractivity contribution in [3.05, 3.63) is 11.8 Å². The lowest BCUT2D eigenvalue weighted by Crippen LogP contribution is -2.41. The number of anilines is 1. The molecule has 1 aromatic heterocycles. The largest absolute Gasteiger partial charge is 0.401 e. The number of hydrogen-bond donors (Lipinski definition) is 2. The summed E-state index contributed by atoms with van der Waals surface area (Å²) in [5.74, 6) is -0.860. The third-order valence-corrected chi connectivity index (χ3v) is 6.12. The van der Waals surface area contributed by atoms with Gasteiger partial charge in [0.15, 0.2) is 5.82 Å². The molecule has 8 nitrogen and oxygen atoms in total. The molecule has 0 aliphatic heterocycles. The van der Waals surface area contributed by atoms with Crippen LogP contribution in [-0.4, -0.2) is 52.8 Å². The maximum absolute atomic E-state index is 12.6. The van der Waals surface area contributed by atoms with E-state index in [0.29, 0.717) is 32.2 Å². The molecule has 0 spiro atoms. The lowest BCUT2D eigenvalue weighted by molar-refractivity contribution is -0.144. The van der Waals surface area contributed by atoms with Gasteiger partial charge >= 0.3 is 6.18 Å². The Balaban J connectivity index is 1.74. The highest BCUT2D eigenvalue weighted by molar-refractivity contribution is 6.02. The Hall–Kier alpha value is -2.61. The van der Waals surface area contributed by atoms with Crippen LogP contribution >= 0.6 is 0 Å². The minimum Gasteiger partial charge on any atom is -0.365 e. The average Bonchev–Trinajstić information content (AvgIpc) is 3.42. The monoisotopic (exact) mass is 440 g/mol. The van der Waals surface area contributed by atoms with Gasteiger partial charge in [-0.3, -0.25) is 19.2 Å². The van der Waals surface area contributed by atoms with Crippen molar-refractivity contribution in [1.29, 1.82) is 5.26 Å². The number of alkyl halides is 3. The fourth-order valence-electron chi connectivity index (χ4n) is 4.30. The molecule has 1 aromatic rings. The van der Waals surface area contributed by atoms with Crippen LogP contribution in [0.5, 0.6) is 0 Å². The van der Waals surface area contributed by atoms with Crippen molar-refractivity contribution in [2.45, 2.75) is 56.7 Å². The predicted octanol–water partition coefficient (Wildman–Crippen LogP) is 2.62. The Labute approximate surface area is 178 Å². The summed E-state index contributed by atoms with van der Waals surface area (Å²) in [6, 6.07) is 2.17. The number of nitrogens with zero attached hydrogens (tertiary/aromatic N) is 4. The van der Waals surface area contributed by atoms with E-state index in [1.807, 2.05) is 0 Å². The summed E-state index contributed by atoms with van der Waals surface area (Å²) in [7, 11) is 1.45. The van der Waals surface area contributed by atoms with E-state index in [1.54, 1.807) is 4.68 Å². The first-order valence-corrected chi connectivity index (χ1v) is 10.4. The average molecular weight is 440 g/mol. The van der Waals surface area contributed by atoms with Gasteiger partial charge in [0.25, 0.3) is 5.91 Å². The van der Waals surface area contributed by atoms with Gasteiger partial charge in [0, 0.05) is 18.7 Å². The van der Waals surface area contributed by atoms with E-state index >= 15 is 0 Å². The van der Waals surface area contributed by atoms with Crippen molar-refractivity contribution in [3.63, 3.8) is 0 Å². The zero-order chi connectivity index (χ0) is 22.8. The van der Waals surface area contributed by atoms with Crippen LogP contribution in [0.3, 0.4) is 0 Å². The van der Waals surface area contributed by atoms with Gasteiger partial charge in [-0.1, -0.05) is 0 Å². The molecule has 0 atom stereocenters. The van der Waals surface area contributed by atoms with Crippen molar-refractivity contribution in [1.82, 2.24) is 14.7 Å². The highest BCUT2D eigenvalue weighted by Crippen LogP contribution is 2.41. The van der Waals surface area contributed by atoms with Crippen molar-refractivity contribution in [2.24, 2.45) is 17.6 Å². The molecule has 11 heteroatoms. The first-order valence-electron chi connectivity index (χ1n) is 10.4. The molecule has 31 heavy (non-hydrogen) atoms. The topological polar surface area (TPSA) is 117 Å². The number of hydrogen-bond acceptors (Lipinski definition) is 5.